The molecule has 0 aromatic heterocycles. The summed E-state index contributed by atoms with van der Waals surface area (Å²) >= 11 is 42.9. The Hall–Kier alpha value is 0.730. The first-order chi connectivity index (χ1) is 10.0. The van der Waals surface area contributed by atoms with Crippen LogP contribution in [0.4, 0.5) is 0 Å². The number of benzene rings is 2. The number of alkyl halides is 7. The molecule has 0 nitrogen and oxygen atoms in total. The van der Waals surface area contributed by atoms with Gasteiger partial charge in [0.1, 0.15) is 0 Å². The van der Waals surface area contributed by atoms with Crippen molar-refractivity contribution in [2.24, 2.45) is 0 Å². The number of halogens is 7. The Morgan fingerprint density at radius 2 is 1.41 bits per heavy atom. The van der Waals surface area contributed by atoms with E-state index in [1.54, 1.807) is 6.07 Å². The Morgan fingerprint density at radius 1 is 0.818 bits per heavy atom. The van der Waals surface area contributed by atoms with Gasteiger partial charge < -0.3 is 0 Å². The fourth-order valence-corrected chi connectivity index (χ4v) is 3.76. The quantitative estimate of drug-likeness (QED) is 0.433. The maximum Gasteiger partial charge on any atom is 0.226 e. The third-order valence-electron chi connectivity index (χ3n) is 3.35. The highest BCUT2D eigenvalue weighted by Gasteiger charge is 2.61. The SMILES string of the molecule is C[CH]c1c(C(Cl)(Cl)C(Cl)(Cl)C(Cl)(Cl)Cl)ccc2ccccc12. The summed E-state index contributed by atoms with van der Waals surface area (Å²) in [5.74, 6) is 0. The van der Waals surface area contributed by atoms with Crippen LogP contribution in [0, 0.1) is 6.42 Å². The summed E-state index contributed by atoms with van der Waals surface area (Å²) in [7, 11) is 0. The van der Waals surface area contributed by atoms with Crippen LogP contribution in [0.3, 0.4) is 0 Å². The highest BCUT2D eigenvalue weighted by molar-refractivity contribution is 6.78. The molecule has 1 radical (unpaired) electrons. The molecule has 0 spiro atoms. The average molecular weight is 438 g/mol. The highest BCUT2D eigenvalue weighted by Crippen LogP contribution is 2.61. The van der Waals surface area contributed by atoms with Crippen molar-refractivity contribution in [3.8, 4) is 0 Å². The highest BCUT2D eigenvalue weighted by atomic mass is 35.6. The minimum atomic E-state index is -2.09. The van der Waals surface area contributed by atoms with E-state index in [1.807, 2.05) is 43.7 Å². The zero-order chi connectivity index (χ0) is 16.8. The van der Waals surface area contributed by atoms with Crippen molar-refractivity contribution in [3.05, 3.63) is 53.9 Å². The molecular weight excluding hydrogens is 428 g/mol. The Labute approximate surface area is 164 Å². The topological polar surface area (TPSA) is 0 Å². The maximum absolute atomic E-state index is 6.45. The molecule has 0 saturated carbocycles. The summed E-state index contributed by atoms with van der Waals surface area (Å²) in [6, 6.07) is 11.3. The summed E-state index contributed by atoms with van der Waals surface area (Å²) in [5.41, 5.74) is 1.25. The molecule has 0 fully saturated rings. The molecule has 2 aromatic carbocycles. The zero-order valence-electron chi connectivity index (χ0n) is 11.2. The van der Waals surface area contributed by atoms with E-state index in [0.717, 1.165) is 16.3 Å². The van der Waals surface area contributed by atoms with Gasteiger partial charge in [0.05, 0.1) is 0 Å². The first kappa shape index (κ1) is 19.1. The van der Waals surface area contributed by atoms with Gasteiger partial charge in [-0.25, -0.2) is 0 Å². The van der Waals surface area contributed by atoms with Crippen LogP contribution in [0.5, 0.6) is 0 Å². The Morgan fingerprint density at radius 3 is 1.95 bits per heavy atom. The van der Waals surface area contributed by atoms with Gasteiger partial charge in [0, 0.05) is 0 Å². The number of fused-ring (bicyclic) bond motifs is 1. The molecule has 0 bridgehead atoms. The van der Waals surface area contributed by atoms with E-state index in [1.165, 1.54) is 0 Å². The van der Waals surface area contributed by atoms with E-state index in [4.69, 9.17) is 81.2 Å². The molecule has 0 N–H and O–H groups in total. The minimum absolute atomic E-state index is 0.466. The molecule has 0 atom stereocenters. The Balaban J connectivity index is 2.73. The van der Waals surface area contributed by atoms with Crippen LogP contribution in [-0.4, -0.2) is 8.13 Å². The van der Waals surface area contributed by atoms with Crippen LogP contribution >= 0.6 is 81.2 Å². The number of hydrogen-bond acceptors (Lipinski definition) is 0. The van der Waals surface area contributed by atoms with Crippen molar-refractivity contribution in [2.45, 2.75) is 19.4 Å². The summed E-state index contributed by atoms with van der Waals surface area (Å²) in [6.07, 6.45) is 1.86. The van der Waals surface area contributed by atoms with Crippen molar-refractivity contribution < 1.29 is 0 Å². The van der Waals surface area contributed by atoms with Crippen molar-refractivity contribution in [1.82, 2.24) is 0 Å². The predicted molar refractivity (Wildman–Crippen MR) is 101 cm³/mol. The smallest absolute Gasteiger partial charge is 0.0930 e. The van der Waals surface area contributed by atoms with E-state index >= 15 is 0 Å². The van der Waals surface area contributed by atoms with E-state index in [9.17, 15) is 0 Å². The third kappa shape index (κ3) is 3.14. The van der Waals surface area contributed by atoms with Gasteiger partial charge in [-0.3, -0.25) is 0 Å². The standard InChI is InChI=1S/C15H10Cl7/c1-2-10-11-6-4-3-5-9(11)7-8-12(10)13(16,17)14(18,19)15(20,21)22/h2-8H,1H3. The van der Waals surface area contributed by atoms with Gasteiger partial charge in [0.15, 0.2) is 4.33 Å². The largest absolute Gasteiger partial charge is 0.226 e. The van der Waals surface area contributed by atoms with Gasteiger partial charge >= 0.3 is 0 Å². The second-order valence-electron chi connectivity index (χ2n) is 4.68. The van der Waals surface area contributed by atoms with Crippen molar-refractivity contribution >= 4 is 92.0 Å². The summed E-state index contributed by atoms with van der Waals surface area (Å²) in [4.78, 5) is 0. The van der Waals surface area contributed by atoms with Gasteiger partial charge in [-0.1, -0.05) is 125 Å². The van der Waals surface area contributed by atoms with E-state index in [0.29, 0.717) is 5.56 Å². The second-order valence-corrected chi connectivity index (χ2v) is 9.62. The normalized spacial score (nSPS) is 13.6. The number of hydrogen-bond donors (Lipinski definition) is 0. The lowest BCUT2D eigenvalue weighted by Crippen LogP contribution is -2.45. The lowest BCUT2D eigenvalue weighted by Gasteiger charge is -2.38. The summed E-state index contributed by atoms with van der Waals surface area (Å²) < 4.78 is -5.99. The second kappa shape index (κ2) is 6.56. The minimum Gasteiger partial charge on any atom is -0.0930 e. The van der Waals surface area contributed by atoms with Crippen LogP contribution < -0.4 is 0 Å². The lowest BCUT2D eigenvalue weighted by atomic mass is 9.94. The van der Waals surface area contributed by atoms with Crippen molar-refractivity contribution in [3.63, 3.8) is 0 Å². The molecule has 0 aliphatic carbocycles. The monoisotopic (exact) mass is 435 g/mol. The average Bonchev–Trinajstić information content (AvgIpc) is 2.44. The summed E-state index contributed by atoms with van der Waals surface area (Å²) in [5, 5.41) is 1.97. The van der Waals surface area contributed by atoms with E-state index in [-0.39, 0.29) is 0 Å². The molecule has 2 rings (SSSR count). The predicted octanol–water partition coefficient (Wildman–Crippen LogP) is 7.59. The fourth-order valence-electron chi connectivity index (χ4n) is 2.23. The number of rotatable bonds is 3. The molecule has 7 heteroatoms. The lowest BCUT2D eigenvalue weighted by molar-refractivity contribution is 0.696. The molecule has 0 unspecified atom stereocenters. The van der Waals surface area contributed by atoms with E-state index < -0.39 is 12.5 Å². The summed E-state index contributed by atoms with van der Waals surface area (Å²) in [6.45, 7) is 1.86. The molecule has 119 valence electrons. The van der Waals surface area contributed by atoms with Crippen LogP contribution in [-0.2, 0) is 4.33 Å². The van der Waals surface area contributed by atoms with Crippen LogP contribution in [0.2, 0.25) is 0 Å². The first-order valence-electron chi connectivity index (χ1n) is 6.18. The van der Waals surface area contributed by atoms with E-state index in [2.05, 4.69) is 0 Å². The van der Waals surface area contributed by atoms with Gasteiger partial charge in [0.25, 0.3) is 0 Å². The van der Waals surface area contributed by atoms with Gasteiger partial charge in [0.2, 0.25) is 8.13 Å². The molecule has 0 amide bonds. The van der Waals surface area contributed by atoms with Crippen molar-refractivity contribution in [2.75, 3.05) is 0 Å². The molecule has 22 heavy (non-hydrogen) atoms. The first-order valence-corrected chi connectivity index (χ1v) is 8.82. The third-order valence-corrected chi connectivity index (χ3v) is 7.27. The van der Waals surface area contributed by atoms with Crippen LogP contribution in [0.25, 0.3) is 10.8 Å². The van der Waals surface area contributed by atoms with Crippen LogP contribution in [0.15, 0.2) is 36.4 Å². The fraction of sp³-hybridized carbons (Fsp3) is 0.267. The Bertz CT molecular complexity index is 686. The van der Waals surface area contributed by atoms with Gasteiger partial charge in [-0.15, -0.1) is 0 Å². The zero-order valence-corrected chi connectivity index (χ0v) is 16.5. The molecule has 0 saturated heterocycles. The van der Waals surface area contributed by atoms with Crippen LogP contribution in [0.1, 0.15) is 18.1 Å². The molecular formula is C15H10Cl7. The molecule has 0 aliphatic rings. The van der Waals surface area contributed by atoms with Gasteiger partial charge in [-0.2, -0.15) is 0 Å². The maximum atomic E-state index is 6.45. The Kier molecular flexibility index (Phi) is 5.68. The molecule has 0 aliphatic heterocycles. The molecule has 2 aromatic rings. The van der Waals surface area contributed by atoms with Crippen molar-refractivity contribution in [1.29, 1.82) is 0 Å². The van der Waals surface area contributed by atoms with Gasteiger partial charge in [-0.05, 0) is 28.3 Å². The molecule has 0 heterocycles.